The summed E-state index contributed by atoms with van der Waals surface area (Å²) < 4.78 is 36.8. The zero-order valence-electron chi connectivity index (χ0n) is 11.0. The zero-order chi connectivity index (χ0) is 15.9. The van der Waals surface area contributed by atoms with E-state index in [1.54, 1.807) is 0 Å². The van der Waals surface area contributed by atoms with E-state index in [4.69, 9.17) is 5.11 Å². The van der Waals surface area contributed by atoms with Gasteiger partial charge in [-0.3, -0.25) is 9.59 Å². The lowest BCUT2D eigenvalue weighted by Gasteiger charge is -2.27. The Kier molecular flexibility index (Phi) is 6.80. The molecule has 0 rings (SSSR count). The van der Waals surface area contributed by atoms with Gasteiger partial charge in [0.1, 0.15) is 13.1 Å². The summed E-state index contributed by atoms with van der Waals surface area (Å²) in [6.45, 7) is -2.85. The molecule has 0 spiro atoms. The topological polar surface area (TPSA) is 90.0 Å². The molecule has 0 saturated carbocycles. The summed E-state index contributed by atoms with van der Waals surface area (Å²) in [5, 5.41) is 10.8. The molecule has 2 N–H and O–H groups in total. The number of hydrogen-bond acceptors (Lipinski definition) is 3. The molecule has 0 aromatic rings. The molecule has 116 valence electrons. The van der Waals surface area contributed by atoms with Crippen molar-refractivity contribution in [3.8, 4) is 0 Å². The molecular formula is C10H16F3N3O4. The Morgan fingerprint density at radius 2 is 1.80 bits per heavy atom. The molecule has 0 atom stereocenters. The molecule has 0 unspecified atom stereocenters. The van der Waals surface area contributed by atoms with Crippen LogP contribution in [0.1, 0.15) is 6.42 Å². The quantitative estimate of drug-likeness (QED) is 0.729. The monoisotopic (exact) mass is 299 g/mol. The van der Waals surface area contributed by atoms with Gasteiger partial charge >= 0.3 is 18.2 Å². The van der Waals surface area contributed by atoms with E-state index in [9.17, 15) is 27.6 Å². The Balaban J connectivity index is 4.67. The number of carbonyl (C=O) groups excluding carboxylic acids is 2. The molecule has 10 heteroatoms. The van der Waals surface area contributed by atoms with Crippen LogP contribution < -0.4 is 5.32 Å². The van der Waals surface area contributed by atoms with Crippen molar-refractivity contribution in [2.24, 2.45) is 0 Å². The highest BCUT2D eigenvalue weighted by molar-refractivity contribution is 5.81. The van der Waals surface area contributed by atoms with Crippen LogP contribution in [-0.2, 0) is 9.59 Å². The van der Waals surface area contributed by atoms with Crippen LogP contribution in [-0.4, -0.2) is 72.7 Å². The van der Waals surface area contributed by atoms with E-state index >= 15 is 0 Å². The molecule has 0 aliphatic heterocycles. The number of aliphatic carboxylic acids is 1. The van der Waals surface area contributed by atoms with E-state index in [1.807, 2.05) is 0 Å². The number of nitrogens with one attached hydrogen (secondary N) is 1. The van der Waals surface area contributed by atoms with Crippen molar-refractivity contribution in [3.05, 3.63) is 0 Å². The largest absolute Gasteiger partial charge is 0.480 e. The van der Waals surface area contributed by atoms with E-state index in [1.165, 1.54) is 14.1 Å². The molecular weight excluding hydrogens is 283 g/mol. The summed E-state index contributed by atoms with van der Waals surface area (Å²) in [6.07, 6.45) is -4.79. The Morgan fingerprint density at radius 1 is 1.25 bits per heavy atom. The summed E-state index contributed by atoms with van der Waals surface area (Å²) in [6, 6.07) is -1.10. The SMILES string of the molecule is CNC(=O)CCN(C)C(=O)N(CC(=O)O)CC(F)(F)F. The fraction of sp³-hybridized carbons (Fsp3) is 0.700. The van der Waals surface area contributed by atoms with Gasteiger partial charge in [-0.2, -0.15) is 13.2 Å². The molecule has 0 bridgehead atoms. The minimum atomic E-state index is -4.70. The van der Waals surface area contributed by atoms with Gasteiger partial charge in [0, 0.05) is 27.1 Å². The Bertz CT molecular complexity index is 373. The Hall–Kier alpha value is -2.00. The van der Waals surface area contributed by atoms with Crippen LogP contribution in [0.2, 0.25) is 0 Å². The van der Waals surface area contributed by atoms with Gasteiger partial charge in [0.25, 0.3) is 0 Å². The van der Waals surface area contributed by atoms with Crippen molar-refractivity contribution in [1.29, 1.82) is 0 Å². The fourth-order valence-corrected chi connectivity index (χ4v) is 1.30. The molecule has 0 saturated heterocycles. The van der Waals surface area contributed by atoms with Crippen molar-refractivity contribution < 1.29 is 32.7 Å². The third kappa shape index (κ3) is 7.44. The summed E-state index contributed by atoms with van der Waals surface area (Å²) in [4.78, 5) is 34.2. The van der Waals surface area contributed by atoms with Gasteiger partial charge in [-0.05, 0) is 0 Å². The first-order chi connectivity index (χ1) is 9.06. The fourth-order valence-electron chi connectivity index (χ4n) is 1.30. The average Bonchev–Trinajstić information content (AvgIpc) is 2.31. The molecule has 0 fully saturated rings. The maximum atomic E-state index is 12.3. The molecule has 0 aliphatic carbocycles. The van der Waals surface area contributed by atoms with Crippen molar-refractivity contribution >= 4 is 17.9 Å². The number of halogens is 3. The first kappa shape index (κ1) is 18.0. The normalized spacial score (nSPS) is 10.8. The van der Waals surface area contributed by atoms with Gasteiger partial charge in [-0.15, -0.1) is 0 Å². The van der Waals surface area contributed by atoms with Crippen LogP contribution in [0.5, 0.6) is 0 Å². The van der Waals surface area contributed by atoms with E-state index in [2.05, 4.69) is 5.32 Å². The molecule has 7 nitrogen and oxygen atoms in total. The highest BCUT2D eigenvalue weighted by atomic mass is 19.4. The van der Waals surface area contributed by atoms with Crippen LogP contribution >= 0.6 is 0 Å². The number of urea groups is 1. The molecule has 0 heterocycles. The maximum absolute atomic E-state index is 12.3. The van der Waals surface area contributed by atoms with Crippen molar-refractivity contribution in [2.75, 3.05) is 33.7 Å². The lowest BCUT2D eigenvalue weighted by atomic mass is 10.3. The van der Waals surface area contributed by atoms with Gasteiger partial charge in [-0.25, -0.2) is 4.79 Å². The summed E-state index contributed by atoms with van der Waals surface area (Å²) in [5.74, 6) is -1.94. The van der Waals surface area contributed by atoms with E-state index in [-0.39, 0.29) is 23.8 Å². The van der Waals surface area contributed by atoms with Gasteiger partial charge in [0.2, 0.25) is 5.91 Å². The average molecular weight is 299 g/mol. The van der Waals surface area contributed by atoms with Gasteiger partial charge < -0.3 is 20.2 Å². The van der Waals surface area contributed by atoms with Crippen molar-refractivity contribution in [3.63, 3.8) is 0 Å². The minimum absolute atomic E-state index is 0.0916. The minimum Gasteiger partial charge on any atom is -0.480 e. The standard InChI is InChI=1S/C10H16F3N3O4/c1-14-7(17)3-4-15(2)9(20)16(5-8(18)19)6-10(11,12)13/h3-6H2,1-2H3,(H,14,17)(H,18,19). The molecule has 0 radical (unpaired) electrons. The third-order valence-corrected chi connectivity index (χ3v) is 2.25. The van der Waals surface area contributed by atoms with Crippen LogP contribution in [0.25, 0.3) is 0 Å². The number of amides is 3. The number of carboxylic acid groups (broad SMARTS) is 1. The summed E-state index contributed by atoms with van der Waals surface area (Å²) >= 11 is 0. The van der Waals surface area contributed by atoms with Gasteiger partial charge in [-0.1, -0.05) is 0 Å². The lowest BCUT2D eigenvalue weighted by Crippen LogP contribution is -2.48. The van der Waals surface area contributed by atoms with Crippen LogP contribution in [0.4, 0.5) is 18.0 Å². The molecule has 3 amide bonds. The smallest absolute Gasteiger partial charge is 0.406 e. The number of nitrogens with zero attached hydrogens (tertiary/aromatic N) is 2. The predicted molar refractivity (Wildman–Crippen MR) is 62.0 cm³/mol. The second kappa shape index (κ2) is 7.56. The van der Waals surface area contributed by atoms with Crippen LogP contribution in [0.3, 0.4) is 0 Å². The first-order valence-electron chi connectivity index (χ1n) is 5.56. The summed E-state index contributed by atoms with van der Waals surface area (Å²) in [7, 11) is 2.57. The number of carbonyl (C=O) groups is 3. The maximum Gasteiger partial charge on any atom is 0.406 e. The van der Waals surface area contributed by atoms with Gasteiger partial charge in [0.05, 0.1) is 0 Å². The molecule has 0 aromatic heterocycles. The molecule has 0 aromatic carbocycles. The second-order valence-electron chi connectivity index (χ2n) is 3.99. The lowest BCUT2D eigenvalue weighted by molar-refractivity contribution is -0.149. The number of hydrogen-bond donors (Lipinski definition) is 2. The van der Waals surface area contributed by atoms with E-state index in [0.717, 1.165) is 4.90 Å². The highest BCUT2D eigenvalue weighted by Crippen LogP contribution is 2.17. The number of alkyl halides is 3. The van der Waals surface area contributed by atoms with Crippen molar-refractivity contribution in [1.82, 2.24) is 15.1 Å². The predicted octanol–water partition coefficient (Wildman–Crippen LogP) is 0.123. The number of carboxylic acids is 1. The van der Waals surface area contributed by atoms with E-state index in [0.29, 0.717) is 0 Å². The number of rotatable bonds is 6. The van der Waals surface area contributed by atoms with Crippen LogP contribution in [0, 0.1) is 0 Å². The third-order valence-electron chi connectivity index (χ3n) is 2.25. The Morgan fingerprint density at radius 3 is 2.20 bits per heavy atom. The molecule has 20 heavy (non-hydrogen) atoms. The van der Waals surface area contributed by atoms with E-state index < -0.39 is 31.3 Å². The zero-order valence-corrected chi connectivity index (χ0v) is 11.0. The summed E-state index contributed by atoms with van der Waals surface area (Å²) in [5.41, 5.74) is 0. The Labute approximate surface area is 113 Å². The van der Waals surface area contributed by atoms with Gasteiger partial charge in [0.15, 0.2) is 0 Å². The first-order valence-corrected chi connectivity index (χ1v) is 5.56. The van der Waals surface area contributed by atoms with Crippen molar-refractivity contribution in [2.45, 2.75) is 12.6 Å². The van der Waals surface area contributed by atoms with Crippen LogP contribution in [0.15, 0.2) is 0 Å². The highest BCUT2D eigenvalue weighted by Gasteiger charge is 2.35. The molecule has 0 aliphatic rings. The second-order valence-corrected chi connectivity index (χ2v) is 3.99.